The average Bonchev–Trinajstić information content (AvgIpc) is 3.25. The molecule has 1 aliphatic heterocycles. The fourth-order valence-electron chi connectivity index (χ4n) is 4.96. The Morgan fingerprint density at radius 3 is 2.69 bits per heavy atom. The predicted molar refractivity (Wildman–Crippen MR) is 154 cm³/mol. The third kappa shape index (κ3) is 6.45. The first kappa shape index (κ1) is 26.8. The van der Waals surface area contributed by atoms with E-state index in [4.69, 9.17) is 21.3 Å². The minimum absolute atomic E-state index is 0.228. The van der Waals surface area contributed by atoms with Crippen molar-refractivity contribution < 1.29 is 14.6 Å². The molecule has 204 valence electrons. The van der Waals surface area contributed by atoms with Gasteiger partial charge in [0.15, 0.2) is 0 Å². The molecule has 9 heteroatoms. The molecule has 0 radical (unpaired) electrons. The normalized spacial score (nSPS) is 15.9. The van der Waals surface area contributed by atoms with Crippen LogP contribution < -0.4 is 5.32 Å². The predicted octanol–water partition coefficient (Wildman–Crippen LogP) is 6.72. The summed E-state index contributed by atoms with van der Waals surface area (Å²) in [5.74, 6) is 0.973. The lowest BCUT2D eigenvalue weighted by molar-refractivity contribution is 0.0158. The standard InChI is InChI=1S/C30H34ClN5O3/c1-30(2,3)39-29(38)35-14-6-7-21(18-35)19-36-26(24-8-4-5-9-25(24)31)15-22-17-33-28(34-27(22)36)32-16-20-10-12-23(37)13-11-20/h4-5,8-13,15,17,21,37H,6-7,14,16,18-19H2,1-3H3,(H,32,33,34). The minimum Gasteiger partial charge on any atom is -0.508 e. The molecular formula is C30H34ClN5O3. The third-order valence-electron chi connectivity index (χ3n) is 6.78. The number of piperidine rings is 1. The molecule has 1 aliphatic rings. The molecule has 2 N–H and O–H groups in total. The van der Waals surface area contributed by atoms with Gasteiger partial charge in [-0.3, -0.25) is 0 Å². The molecule has 0 spiro atoms. The SMILES string of the molecule is CC(C)(C)OC(=O)N1CCCC(Cn2c(-c3ccccc3Cl)cc3cnc(NCc4ccc(O)cc4)nc32)C1. The van der Waals surface area contributed by atoms with Gasteiger partial charge in [0.1, 0.15) is 17.0 Å². The molecule has 0 bridgehead atoms. The number of aromatic hydroxyl groups is 1. The first-order valence-corrected chi connectivity index (χ1v) is 13.6. The second kappa shape index (κ2) is 11.1. The van der Waals surface area contributed by atoms with Crippen molar-refractivity contribution in [1.82, 2.24) is 19.4 Å². The Kier molecular flexibility index (Phi) is 7.66. The van der Waals surface area contributed by atoms with E-state index in [2.05, 4.69) is 20.9 Å². The highest BCUT2D eigenvalue weighted by Crippen LogP contribution is 2.34. The number of phenolic OH excluding ortho intramolecular Hbond substituents is 1. The lowest BCUT2D eigenvalue weighted by Crippen LogP contribution is -2.43. The number of amides is 1. The molecule has 2 aromatic carbocycles. The van der Waals surface area contributed by atoms with Gasteiger partial charge in [-0.1, -0.05) is 41.9 Å². The van der Waals surface area contributed by atoms with E-state index in [0.29, 0.717) is 37.1 Å². The van der Waals surface area contributed by atoms with Gasteiger partial charge >= 0.3 is 6.09 Å². The van der Waals surface area contributed by atoms with Crippen molar-refractivity contribution >= 4 is 34.7 Å². The van der Waals surface area contributed by atoms with Crippen LogP contribution in [0.2, 0.25) is 5.02 Å². The number of nitrogens with one attached hydrogen (secondary N) is 1. The summed E-state index contributed by atoms with van der Waals surface area (Å²) in [6.07, 6.45) is 3.47. The highest BCUT2D eigenvalue weighted by molar-refractivity contribution is 6.33. The number of carbonyl (C=O) groups is 1. The number of carbonyl (C=O) groups excluding carboxylic acids is 1. The molecule has 1 amide bonds. The molecule has 4 aromatic rings. The number of hydrogen-bond acceptors (Lipinski definition) is 6. The fourth-order valence-corrected chi connectivity index (χ4v) is 5.19. The Hall–Kier alpha value is -3.78. The molecule has 0 saturated carbocycles. The lowest BCUT2D eigenvalue weighted by Gasteiger charge is -2.34. The molecule has 5 rings (SSSR count). The van der Waals surface area contributed by atoms with Gasteiger partial charge in [-0.25, -0.2) is 9.78 Å². The minimum atomic E-state index is -0.529. The molecule has 39 heavy (non-hydrogen) atoms. The maximum atomic E-state index is 12.8. The lowest BCUT2D eigenvalue weighted by atomic mass is 9.98. The number of phenols is 1. The largest absolute Gasteiger partial charge is 0.508 e. The molecule has 2 aromatic heterocycles. The van der Waals surface area contributed by atoms with Crippen molar-refractivity contribution in [3.8, 4) is 17.0 Å². The van der Waals surface area contributed by atoms with E-state index < -0.39 is 5.60 Å². The van der Waals surface area contributed by atoms with Crippen LogP contribution in [0.15, 0.2) is 60.8 Å². The summed E-state index contributed by atoms with van der Waals surface area (Å²) in [5.41, 5.74) is 3.18. The summed E-state index contributed by atoms with van der Waals surface area (Å²) in [4.78, 5) is 24.0. The van der Waals surface area contributed by atoms with Crippen LogP contribution in [0.25, 0.3) is 22.3 Å². The summed E-state index contributed by atoms with van der Waals surface area (Å²) >= 11 is 6.64. The van der Waals surface area contributed by atoms with Crippen LogP contribution in [0.3, 0.4) is 0 Å². The van der Waals surface area contributed by atoms with Crippen LogP contribution in [0.1, 0.15) is 39.2 Å². The number of rotatable bonds is 6. The number of anilines is 1. The smallest absolute Gasteiger partial charge is 0.410 e. The Balaban J connectivity index is 1.45. The zero-order valence-electron chi connectivity index (χ0n) is 22.5. The number of aromatic nitrogens is 3. The van der Waals surface area contributed by atoms with Gasteiger partial charge in [-0.2, -0.15) is 4.98 Å². The molecule has 0 aliphatic carbocycles. The maximum Gasteiger partial charge on any atom is 0.410 e. The second-order valence-electron chi connectivity index (χ2n) is 11.0. The van der Waals surface area contributed by atoms with Crippen molar-refractivity contribution in [3.05, 3.63) is 71.4 Å². The zero-order valence-corrected chi connectivity index (χ0v) is 23.3. The van der Waals surface area contributed by atoms with Crippen molar-refractivity contribution in [1.29, 1.82) is 0 Å². The summed E-state index contributed by atoms with van der Waals surface area (Å²) < 4.78 is 7.85. The van der Waals surface area contributed by atoms with E-state index in [1.165, 1.54) is 0 Å². The van der Waals surface area contributed by atoms with Crippen molar-refractivity contribution in [2.24, 2.45) is 5.92 Å². The van der Waals surface area contributed by atoms with Crippen LogP contribution in [-0.4, -0.2) is 49.3 Å². The molecular weight excluding hydrogens is 514 g/mol. The topological polar surface area (TPSA) is 92.5 Å². The second-order valence-corrected chi connectivity index (χ2v) is 11.5. The number of halogens is 1. The van der Waals surface area contributed by atoms with Gasteiger partial charge in [0.05, 0.1) is 5.69 Å². The fraction of sp³-hybridized carbons (Fsp3) is 0.367. The van der Waals surface area contributed by atoms with Gasteiger partial charge in [-0.15, -0.1) is 0 Å². The quantitative estimate of drug-likeness (QED) is 0.278. The number of hydrogen-bond donors (Lipinski definition) is 2. The monoisotopic (exact) mass is 547 g/mol. The summed E-state index contributed by atoms with van der Waals surface area (Å²) in [6.45, 7) is 8.19. The van der Waals surface area contributed by atoms with E-state index in [1.54, 1.807) is 12.1 Å². The Bertz CT molecular complexity index is 1460. The number of ether oxygens (including phenoxy) is 1. The first-order valence-electron chi connectivity index (χ1n) is 13.3. The van der Waals surface area contributed by atoms with Crippen LogP contribution in [-0.2, 0) is 17.8 Å². The van der Waals surface area contributed by atoms with E-state index in [9.17, 15) is 9.90 Å². The van der Waals surface area contributed by atoms with E-state index in [0.717, 1.165) is 40.7 Å². The maximum absolute atomic E-state index is 12.8. The van der Waals surface area contributed by atoms with Crippen LogP contribution in [0.5, 0.6) is 5.75 Å². The summed E-state index contributed by atoms with van der Waals surface area (Å²) in [7, 11) is 0. The average molecular weight is 548 g/mol. The van der Waals surface area contributed by atoms with E-state index in [-0.39, 0.29) is 17.8 Å². The van der Waals surface area contributed by atoms with Crippen molar-refractivity contribution in [2.75, 3.05) is 18.4 Å². The molecule has 1 saturated heterocycles. The van der Waals surface area contributed by atoms with Crippen molar-refractivity contribution in [3.63, 3.8) is 0 Å². The number of fused-ring (bicyclic) bond motifs is 1. The zero-order chi connectivity index (χ0) is 27.6. The Labute approximate surface area is 233 Å². The van der Waals surface area contributed by atoms with Gasteiger partial charge in [0.2, 0.25) is 5.95 Å². The summed E-state index contributed by atoms with van der Waals surface area (Å²) in [5, 5.41) is 14.4. The van der Waals surface area contributed by atoms with Crippen LogP contribution >= 0.6 is 11.6 Å². The summed E-state index contributed by atoms with van der Waals surface area (Å²) in [6, 6.07) is 16.9. The number of nitrogens with zero attached hydrogens (tertiary/aromatic N) is 4. The van der Waals surface area contributed by atoms with Gasteiger partial charge in [-0.05, 0) is 69.4 Å². The van der Waals surface area contributed by atoms with Crippen LogP contribution in [0.4, 0.5) is 10.7 Å². The highest BCUT2D eigenvalue weighted by Gasteiger charge is 2.29. The Morgan fingerprint density at radius 1 is 1.18 bits per heavy atom. The van der Waals surface area contributed by atoms with E-state index >= 15 is 0 Å². The number of benzene rings is 2. The van der Waals surface area contributed by atoms with E-state index in [1.807, 2.05) is 68.3 Å². The van der Waals surface area contributed by atoms with Gasteiger partial charge < -0.3 is 24.6 Å². The molecule has 1 fully saturated rings. The Morgan fingerprint density at radius 2 is 1.95 bits per heavy atom. The molecule has 1 unspecified atom stereocenters. The van der Waals surface area contributed by atoms with Crippen molar-refractivity contribution in [2.45, 2.75) is 52.3 Å². The highest BCUT2D eigenvalue weighted by atomic mass is 35.5. The van der Waals surface area contributed by atoms with Gasteiger partial charge in [0.25, 0.3) is 0 Å². The molecule has 1 atom stereocenters. The van der Waals surface area contributed by atoms with Crippen LogP contribution in [0, 0.1) is 5.92 Å². The number of likely N-dealkylation sites (tertiary alicyclic amines) is 1. The first-order chi connectivity index (χ1) is 18.7. The molecule has 8 nitrogen and oxygen atoms in total. The molecule has 3 heterocycles. The van der Waals surface area contributed by atoms with Gasteiger partial charge in [0, 0.05) is 48.3 Å². The third-order valence-corrected chi connectivity index (χ3v) is 7.11.